The number of halogens is 8. The number of nitrogens with zero attached hydrogens (tertiary/aromatic N) is 1. The van der Waals surface area contributed by atoms with Gasteiger partial charge in [-0.3, -0.25) is 10.1 Å². The first kappa shape index (κ1) is 16.8. The molecule has 0 rings (SSSR count). The van der Waals surface area contributed by atoms with Gasteiger partial charge in [-0.05, 0) is 6.92 Å². The van der Waals surface area contributed by atoms with Crippen LogP contribution in [-0.2, 0) is 4.74 Å². The molecule has 0 spiro atoms. The summed E-state index contributed by atoms with van der Waals surface area (Å²) in [5.41, 5.74) is -6.51. The molecule has 108 valence electrons. The quantitative estimate of drug-likeness (QED) is 0.454. The Labute approximate surface area is 93.7 Å². The normalized spacial score (nSPS) is 14.7. The van der Waals surface area contributed by atoms with Crippen molar-refractivity contribution in [2.45, 2.75) is 30.9 Å². The molecule has 0 aromatic carbocycles. The van der Waals surface area contributed by atoms with E-state index >= 15 is 0 Å². The molecule has 0 saturated heterocycles. The third kappa shape index (κ3) is 2.20. The number of alkyl halides is 8. The average molecular weight is 291 g/mol. The van der Waals surface area contributed by atoms with Crippen LogP contribution in [0.25, 0.3) is 0 Å². The van der Waals surface area contributed by atoms with Crippen molar-refractivity contribution >= 4 is 0 Å². The van der Waals surface area contributed by atoms with Gasteiger partial charge in [0.15, 0.2) is 0 Å². The molecule has 0 aromatic heterocycles. The molecule has 18 heavy (non-hydrogen) atoms. The Kier molecular flexibility index (Phi) is 4.18. The fraction of sp³-hybridized carbons (Fsp3) is 1.00. The Morgan fingerprint density at radius 1 is 1.00 bits per heavy atom. The summed E-state index contributed by atoms with van der Waals surface area (Å²) in [6.45, 7) is -0.625. The van der Waals surface area contributed by atoms with E-state index in [1.165, 1.54) is 0 Å². The second kappa shape index (κ2) is 4.48. The molecule has 0 aliphatic carbocycles. The third-order valence-electron chi connectivity index (χ3n) is 1.84. The molecule has 0 fully saturated rings. The van der Waals surface area contributed by atoms with Gasteiger partial charge in [0, 0.05) is 0 Å². The Balaban J connectivity index is 6.23. The zero-order valence-electron chi connectivity index (χ0n) is 8.40. The maximum absolute atomic E-state index is 12.9. The lowest BCUT2D eigenvalue weighted by Crippen LogP contribution is -2.72. The highest BCUT2D eigenvalue weighted by Gasteiger charge is 2.94. The number of nitro groups is 1. The van der Waals surface area contributed by atoms with Crippen LogP contribution >= 0.6 is 0 Å². The van der Waals surface area contributed by atoms with E-state index < -0.39 is 35.5 Å². The SMILES string of the molecule is CCOC(F)(F)C([N+](=O)[O-])(C(F)(F)F)C(F)(F)F. The molecular weight excluding hydrogens is 286 g/mol. The monoisotopic (exact) mass is 291 g/mol. The second-order valence-electron chi connectivity index (χ2n) is 2.91. The largest absolute Gasteiger partial charge is 0.495 e. The van der Waals surface area contributed by atoms with Crippen molar-refractivity contribution in [1.82, 2.24) is 0 Å². The van der Waals surface area contributed by atoms with Gasteiger partial charge in [0.1, 0.15) is 0 Å². The summed E-state index contributed by atoms with van der Waals surface area (Å²) in [6.07, 6.45) is -19.9. The Morgan fingerprint density at radius 3 is 1.50 bits per heavy atom. The van der Waals surface area contributed by atoms with Crippen molar-refractivity contribution in [2.75, 3.05) is 6.61 Å². The summed E-state index contributed by atoms with van der Waals surface area (Å²) in [7, 11) is 0. The molecule has 12 heteroatoms. The number of ether oxygens (including phenoxy) is 1. The van der Waals surface area contributed by atoms with Gasteiger partial charge in [0.25, 0.3) is 0 Å². The molecule has 0 aliphatic heterocycles. The van der Waals surface area contributed by atoms with Crippen LogP contribution in [0.2, 0.25) is 0 Å². The summed E-state index contributed by atoms with van der Waals surface area (Å²) >= 11 is 0. The predicted molar refractivity (Wildman–Crippen MR) is 38.4 cm³/mol. The molecule has 0 heterocycles. The third-order valence-corrected chi connectivity index (χ3v) is 1.84. The summed E-state index contributed by atoms with van der Waals surface area (Å²) in [4.78, 5) is 6.91. The van der Waals surface area contributed by atoms with Crippen LogP contribution in [0.5, 0.6) is 0 Å². The van der Waals surface area contributed by atoms with Gasteiger partial charge in [-0.25, -0.2) is 0 Å². The van der Waals surface area contributed by atoms with Crippen molar-refractivity contribution in [3.05, 3.63) is 10.1 Å². The predicted octanol–water partition coefficient (Wildman–Crippen LogP) is 2.76. The molecule has 4 nitrogen and oxygen atoms in total. The zero-order valence-corrected chi connectivity index (χ0v) is 8.40. The molecule has 0 saturated carbocycles. The lowest BCUT2D eigenvalue weighted by atomic mass is 9.97. The van der Waals surface area contributed by atoms with Gasteiger partial charge < -0.3 is 4.74 Å². The maximum Gasteiger partial charge on any atom is 0.495 e. The summed E-state index contributed by atoms with van der Waals surface area (Å²) in [5, 5.41) is 10.0. The topological polar surface area (TPSA) is 52.4 Å². The molecule has 0 aromatic rings. The van der Waals surface area contributed by atoms with Gasteiger partial charge >= 0.3 is 24.0 Å². The summed E-state index contributed by atoms with van der Waals surface area (Å²) in [6, 6.07) is 0. The van der Waals surface area contributed by atoms with Crippen LogP contribution in [0.4, 0.5) is 35.1 Å². The number of hydrogen-bond donors (Lipinski definition) is 0. The fourth-order valence-corrected chi connectivity index (χ4v) is 1.09. The van der Waals surface area contributed by atoms with Crippen LogP contribution in [-0.4, -0.2) is 35.5 Å². The highest BCUT2D eigenvalue weighted by atomic mass is 19.4. The van der Waals surface area contributed by atoms with Crippen molar-refractivity contribution < 1.29 is 44.8 Å². The first-order valence-corrected chi connectivity index (χ1v) is 4.05. The summed E-state index contributed by atoms with van der Waals surface area (Å²) in [5.74, 6) is 0. The van der Waals surface area contributed by atoms with E-state index in [4.69, 9.17) is 0 Å². The molecule has 0 bridgehead atoms. The van der Waals surface area contributed by atoms with Gasteiger partial charge in [0.05, 0.1) is 11.5 Å². The molecule has 0 unspecified atom stereocenters. The molecule has 0 N–H and O–H groups in total. The van der Waals surface area contributed by atoms with Crippen LogP contribution in [0.15, 0.2) is 0 Å². The zero-order chi connectivity index (χ0) is 15.0. The van der Waals surface area contributed by atoms with Crippen LogP contribution in [0.3, 0.4) is 0 Å². The van der Waals surface area contributed by atoms with Crippen molar-refractivity contribution in [3.8, 4) is 0 Å². The van der Waals surface area contributed by atoms with Crippen molar-refractivity contribution in [2.24, 2.45) is 0 Å². The van der Waals surface area contributed by atoms with E-state index in [-0.39, 0.29) is 0 Å². The standard InChI is InChI=1S/C6H5F8NO3/c1-2-18-6(13,14)3(15(16)17,4(7,8)9)5(10,11)12/h2H2,1H3. The first-order valence-electron chi connectivity index (χ1n) is 4.05. The van der Waals surface area contributed by atoms with Gasteiger partial charge in [-0.15, -0.1) is 0 Å². The van der Waals surface area contributed by atoms with Crippen LogP contribution in [0, 0.1) is 10.1 Å². The Morgan fingerprint density at radius 2 is 1.33 bits per heavy atom. The molecule has 0 aliphatic rings. The molecule has 0 atom stereocenters. The number of rotatable bonds is 4. The van der Waals surface area contributed by atoms with E-state index in [1.54, 1.807) is 0 Å². The van der Waals surface area contributed by atoms with Crippen molar-refractivity contribution in [3.63, 3.8) is 0 Å². The van der Waals surface area contributed by atoms with E-state index in [0.717, 1.165) is 0 Å². The van der Waals surface area contributed by atoms with Gasteiger partial charge in [-0.2, -0.15) is 35.1 Å². The first-order chi connectivity index (χ1) is 7.75. The maximum atomic E-state index is 12.9. The number of hydrogen-bond acceptors (Lipinski definition) is 3. The Hall–Kier alpha value is -1.20. The van der Waals surface area contributed by atoms with Crippen molar-refractivity contribution in [1.29, 1.82) is 0 Å². The average Bonchev–Trinajstić information content (AvgIpc) is 1.94. The van der Waals surface area contributed by atoms with E-state index in [2.05, 4.69) is 4.74 Å². The molecule has 0 amide bonds. The van der Waals surface area contributed by atoms with Crippen LogP contribution < -0.4 is 0 Å². The van der Waals surface area contributed by atoms with Crippen LogP contribution in [0.1, 0.15) is 6.92 Å². The lowest BCUT2D eigenvalue weighted by Gasteiger charge is -2.33. The molecule has 0 radical (unpaired) electrons. The minimum absolute atomic E-state index is 0.658. The van der Waals surface area contributed by atoms with Gasteiger partial charge in [0.2, 0.25) is 0 Å². The minimum atomic E-state index is -6.90. The Bertz CT molecular complexity index is 308. The summed E-state index contributed by atoms with van der Waals surface area (Å²) < 4.78 is 102. The second-order valence-corrected chi connectivity index (χ2v) is 2.91. The molecular formula is C6H5F8NO3. The minimum Gasteiger partial charge on any atom is -0.314 e. The van der Waals surface area contributed by atoms with E-state index in [9.17, 15) is 45.2 Å². The fourth-order valence-electron chi connectivity index (χ4n) is 1.09. The van der Waals surface area contributed by atoms with Gasteiger partial charge in [-0.1, -0.05) is 0 Å². The van der Waals surface area contributed by atoms with E-state index in [1.807, 2.05) is 0 Å². The lowest BCUT2D eigenvalue weighted by molar-refractivity contribution is -0.698. The smallest absolute Gasteiger partial charge is 0.314 e. The van der Waals surface area contributed by atoms with E-state index in [0.29, 0.717) is 6.92 Å². The highest BCUT2D eigenvalue weighted by molar-refractivity contribution is 5.01. The highest BCUT2D eigenvalue weighted by Crippen LogP contribution is 2.54.